The standard InChI is InChI=1S/C27H41N3O5/c1-17-20(19-9-13-30(14-10-19)25(33)34-8)22(29-15-11-27(6,7)12-16-29)21(18(2)28-17)23(24(31)32)35-26(3,4)5/h9,23H,10-16H2,1-8H3,(H,31,32). The molecular weight excluding hydrogens is 446 g/mol. The zero-order valence-corrected chi connectivity index (χ0v) is 22.5. The molecule has 0 radical (unpaired) electrons. The Morgan fingerprint density at radius 3 is 2.23 bits per heavy atom. The third-order valence-electron chi connectivity index (χ3n) is 6.93. The first kappa shape index (κ1) is 27.0. The van der Waals surface area contributed by atoms with Gasteiger partial charge >= 0.3 is 12.1 Å². The molecule has 194 valence electrons. The molecule has 2 aliphatic rings. The fraction of sp³-hybridized carbons (Fsp3) is 0.667. The predicted molar refractivity (Wildman–Crippen MR) is 137 cm³/mol. The van der Waals surface area contributed by atoms with E-state index < -0.39 is 17.7 Å². The second-order valence-electron chi connectivity index (χ2n) is 11.4. The van der Waals surface area contributed by atoms with Crippen molar-refractivity contribution in [2.24, 2.45) is 5.41 Å². The van der Waals surface area contributed by atoms with Crippen LogP contribution in [0.3, 0.4) is 0 Å². The van der Waals surface area contributed by atoms with Gasteiger partial charge in [-0.15, -0.1) is 0 Å². The van der Waals surface area contributed by atoms with Crippen molar-refractivity contribution in [2.75, 3.05) is 38.2 Å². The lowest BCUT2D eigenvalue weighted by atomic mass is 9.81. The predicted octanol–water partition coefficient (Wildman–Crippen LogP) is 5.12. The third kappa shape index (κ3) is 6.15. The maximum Gasteiger partial charge on any atom is 0.409 e. The van der Waals surface area contributed by atoms with Crippen LogP contribution in [0.5, 0.6) is 0 Å². The number of anilines is 1. The molecule has 35 heavy (non-hydrogen) atoms. The zero-order valence-electron chi connectivity index (χ0n) is 22.5. The van der Waals surface area contributed by atoms with Crippen molar-refractivity contribution in [3.05, 3.63) is 28.6 Å². The molecule has 1 aromatic heterocycles. The van der Waals surface area contributed by atoms with Crippen molar-refractivity contribution < 1.29 is 24.2 Å². The Morgan fingerprint density at radius 1 is 1.11 bits per heavy atom. The van der Waals surface area contributed by atoms with Gasteiger partial charge in [-0.25, -0.2) is 9.59 Å². The molecule has 0 bridgehead atoms. The number of amides is 1. The molecule has 1 amide bonds. The number of carbonyl (C=O) groups is 2. The first-order valence-electron chi connectivity index (χ1n) is 12.4. The van der Waals surface area contributed by atoms with Gasteiger partial charge in [0.15, 0.2) is 6.10 Å². The molecule has 1 N–H and O–H groups in total. The number of pyridine rings is 1. The molecule has 1 saturated heterocycles. The van der Waals surface area contributed by atoms with Crippen LogP contribution < -0.4 is 4.90 Å². The summed E-state index contributed by atoms with van der Waals surface area (Å²) < 4.78 is 11.0. The number of aryl methyl sites for hydroxylation is 2. The molecule has 0 aliphatic carbocycles. The molecule has 8 heteroatoms. The Hall–Kier alpha value is -2.61. The molecule has 3 rings (SSSR count). The average molecular weight is 488 g/mol. The molecule has 2 aliphatic heterocycles. The van der Waals surface area contributed by atoms with E-state index in [2.05, 4.69) is 18.7 Å². The van der Waals surface area contributed by atoms with E-state index in [1.165, 1.54) is 7.11 Å². The maximum atomic E-state index is 12.5. The summed E-state index contributed by atoms with van der Waals surface area (Å²) in [6.07, 6.45) is 3.23. The smallest absolute Gasteiger partial charge is 0.409 e. The molecular formula is C27H41N3O5. The summed E-state index contributed by atoms with van der Waals surface area (Å²) in [5.41, 5.74) is 4.73. The van der Waals surface area contributed by atoms with Crippen LogP contribution in [-0.4, -0.2) is 65.9 Å². The van der Waals surface area contributed by atoms with Crippen LogP contribution in [0.25, 0.3) is 5.57 Å². The number of rotatable bonds is 5. The monoisotopic (exact) mass is 487 g/mol. The minimum atomic E-state index is -1.14. The highest BCUT2D eigenvalue weighted by atomic mass is 16.5. The topological polar surface area (TPSA) is 92.2 Å². The van der Waals surface area contributed by atoms with Crippen LogP contribution >= 0.6 is 0 Å². The van der Waals surface area contributed by atoms with Gasteiger partial charge in [-0.05, 0) is 64.9 Å². The number of nitrogens with zero attached hydrogens (tertiary/aromatic N) is 3. The third-order valence-corrected chi connectivity index (χ3v) is 6.93. The van der Waals surface area contributed by atoms with E-state index in [1.54, 1.807) is 4.90 Å². The van der Waals surface area contributed by atoms with Crippen molar-refractivity contribution in [3.8, 4) is 0 Å². The number of methoxy groups -OCH3 is 1. The summed E-state index contributed by atoms with van der Waals surface area (Å²) in [6, 6.07) is 0. The van der Waals surface area contributed by atoms with Gasteiger partial charge in [-0.3, -0.25) is 4.98 Å². The van der Waals surface area contributed by atoms with Gasteiger partial charge in [-0.2, -0.15) is 0 Å². The van der Waals surface area contributed by atoms with E-state index in [4.69, 9.17) is 14.5 Å². The Labute approximate surface area is 209 Å². The molecule has 0 spiro atoms. The number of ether oxygens (including phenoxy) is 2. The van der Waals surface area contributed by atoms with E-state index in [0.717, 1.165) is 48.4 Å². The Bertz CT molecular complexity index is 999. The minimum Gasteiger partial charge on any atom is -0.479 e. The molecule has 1 unspecified atom stereocenters. The first-order valence-corrected chi connectivity index (χ1v) is 12.4. The lowest BCUT2D eigenvalue weighted by Gasteiger charge is -2.41. The quantitative estimate of drug-likeness (QED) is 0.616. The van der Waals surface area contributed by atoms with Gasteiger partial charge in [0.05, 0.1) is 18.4 Å². The largest absolute Gasteiger partial charge is 0.479 e. The number of aliphatic carboxylic acids is 1. The normalized spacial score (nSPS) is 19.3. The molecule has 1 aromatic rings. The highest BCUT2D eigenvalue weighted by Gasteiger charge is 2.37. The summed E-state index contributed by atoms with van der Waals surface area (Å²) in [7, 11) is 1.39. The van der Waals surface area contributed by atoms with Crippen LogP contribution in [0.1, 0.15) is 82.5 Å². The van der Waals surface area contributed by atoms with Gasteiger partial charge in [0.2, 0.25) is 0 Å². The lowest BCUT2D eigenvalue weighted by molar-refractivity contribution is -0.160. The second-order valence-corrected chi connectivity index (χ2v) is 11.4. The highest BCUT2D eigenvalue weighted by Crippen LogP contribution is 2.44. The maximum absolute atomic E-state index is 12.5. The number of carbonyl (C=O) groups excluding carboxylic acids is 1. The van der Waals surface area contributed by atoms with E-state index in [-0.39, 0.29) is 11.5 Å². The molecule has 3 heterocycles. The first-order chi connectivity index (χ1) is 16.2. The number of hydrogen-bond acceptors (Lipinski definition) is 6. The summed E-state index contributed by atoms with van der Waals surface area (Å²) in [5, 5.41) is 10.3. The van der Waals surface area contributed by atoms with Crippen LogP contribution in [0, 0.1) is 19.3 Å². The van der Waals surface area contributed by atoms with Gasteiger partial charge in [0.1, 0.15) is 0 Å². The van der Waals surface area contributed by atoms with Crippen molar-refractivity contribution in [1.82, 2.24) is 9.88 Å². The van der Waals surface area contributed by atoms with E-state index >= 15 is 0 Å². The fourth-order valence-corrected chi connectivity index (χ4v) is 4.99. The minimum absolute atomic E-state index is 0.243. The SMILES string of the molecule is COC(=O)N1CC=C(c2c(C)nc(C)c(C(OC(C)(C)C)C(=O)O)c2N2CCC(C)(C)CC2)CC1. The summed E-state index contributed by atoms with van der Waals surface area (Å²) in [6.45, 7) is 16.7. The van der Waals surface area contributed by atoms with Gasteiger partial charge < -0.3 is 24.4 Å². The Morgan fingerprint density at radius 2 is 1.74 bits per heavy atom. The second kappa shape index (κ2) is 10.2. The summed E-state index contributed by atoms with van der Waals surface area (Å²) in [5.74, 6) is -1.02. The van der Waals surface area contributed by atoms with Crippen molar-refractivity contribution in [1.29, 1.82) is 0 Å². The number of carboxylic acids is 1. The van der Waals surface area contributed by atoms with Crippen molar-refractivity contribution >= 4 is 23.3 Å². The highest BCUT2D eigenvalue weighted by molar-refractivity contribution is 5.86. The van der Waals surface area contributed by atoms with E-state index in [1.807, 2.05) is 40.7 Å². The zero-order chi connectivity index (χ0) is 26.1. The van der Waals surface area contributed by atoms with Gasteiger partial charge in [0.25, 0.3) is 0 Å². The van der Waals surface area contributed by atoms with Crippen molar-refractivity contribution in [3.63, 3.8) is 0 Å². The van der Waals surface area contributed by atoms with Gasteiger partial charge in [-0.1, -0.05) is 19.9 Å². The van der Waals surface area contributed by atoms with Crippen LogP contribution in [0.4, 0.5) is 10.5 Å². The number of piperidine rings is 1. The van der Waals surface area contributed by atoms with Crippen LogP contribution in [0.15, 0.2) is 6.08 Å². The molecule has 0 aromatic carbocycles. The molecule has 1 atom stereocenters. The molecule has 1 fully saturated rings. The van der Waals surface area contributed by atoms with Gasteiger partial charge in [0, 0.05) is 48.7 Å². The summed E-state index contributed by atoms with van der Waals surface area (Å²) >= 11 is 0. The van der Waals surface area contributed by atoms with Crippen LogP contribution in [-0.2, 0) is 14.3 Å². The number of aromatic nitrogens is 1. The molecule has 0 saturated carbocycles. The van der Waals surface area contributed by atoms with Crippen LogP contribution in [0.2, 0.25) is 0 Å². The van der Waals surface area contributed by atoms with E-state index in [0.29, 0.717) is 30.8 Å². The number of carboxylic acid groups (broad SMARTS) is 1. The van der Waals surface area contributed by atoms with E-state index in [9.17, 15) is 14.7 Å². The Kier molecular flexibility index (Phi) is 7.84. The number of hydrogen-bond donors (Lipinski definition) is 1. The molecule has 8 nitrogen and oxygen atoms in total. The fourth-order valence-electron chi connectivity index (χ4n) is 4.99. The summed E-state index contributed by atoms with van der Waals surface area (Å²) in [4.78, 5) is 33.4. The lowest BCUT2D eigenvalue weighted by Crippen LogP contribution is -2.40. The van der Waals surface area contributed by atoms with Crippen molar-refractivity contribution in [2.45, 2.75) is 79.4 Å². The Balaban J connectivity index is 2.20. The average Bonchev–Trinajstić information content (AvgIpc) is 2.76.